The van der Waals surface area contributed by atoms with Crippen molar-refractivity contribution in [2.24, 2.45) is 4.40 Å². The number of nitrogens with zero attached hydrogens (tertiary/aromatic N) is 1. The molecule has 11 heteroatoms. The van der Waals surface area contributed by atoms with Gasteiger partial charge in [0.1, 0.15) is 0 Å². The lowest BCUT2D eigenvalue weighted by Crippen LogP contribution is -2.45. The van der Waals surface area contributed by atoms with E-state index in [1.54, 1.807) is 0 Å². The third-order valence-corrected chi connectivity index (χ3v) is 2.99. The van der Waals surface area contributed by atoms with Crippen LogP contribution in [0.15, 0.2) is 4.40 Å². The van der Waals surface area contributed by atoms with Gasteiger partial charge in [-0.15, -0.1) is 4.40 Å². The lowest BCUT2D eigenvalue weighted by Gasteiger charge is -2.36. The van der Waals surface area contributed by atoms with E-state index in [1.807, 2.05) is 4.40 Å². The predicted molar refractivity (Wildman–Crippen MR) is 50.7 cm³/mol. The number of hydrogen-bond donors (Lipinski definition) is 2. The van der Waals surface area contributed by atoms with E-state index in [9.17, 15) is 26.7 Å². The fourth-order valence-corrected chi connectivity index (χ4v) is 1.10. The first-order chi connectivity index (χ1) is 8.03. The predicted octanol–water partition coefficient (Wildman–Crippen LogP) is -1.30. The summed E-state index contributed by atoms with van der Waals surface area (Å²) in [5.41, 5.74) is -7.60. The minimum Gasteiger partial charge on any atom is -0.588 e. The van der Waals surface area contributed by atoms with E-state index in [1.165, 1.54) is 6.92 Å². The molecule has 0 heterocycles. The summed E-state index contributed by atoms with van der Waals surface area (Å²) in [5, 5.41) is 28.6. The second-order valence-electron chi connectivity index (χ2n) is 3.23. The van der Waals surface area contributed by atoms with Crippen LogP contribution in [-0.2, 0) is 14.8 Å². The summed E-state index contributed by atoms with van der Waals surface area (Å²) >= 11 is 0. The minimum atomic E-state index is -6.01. The fourth-order valence-electron chi connectivity index (χ4n) is 0.764. The average molecular weight is 294 g/mol. The Balaban J connectivity index is 5.15. The molecule has 0 fully saturated rings. The monoisotopic (exact) mass is 294 g/mol. The first-order valence-corrected chi connectivity index (χ1v) is 5.96. The Labute approximate surface area is 101 Å². The van der Waals surface area contributed by atoms with Gasteiger partial charge in [0, 0.05) is 0 Å². The molecule has 0 aliphatic rings. The second kappa shape index (κ2) is 5.71. The van der Waals surface area contributed by atoms with E-state index in [4.69, 9.17) is 10.2 Å². The molecule has 0 aliphatic heterocycles. The van der Waals surface area contributed by atoms with Gasteiger partial charge < -0.3 is 20.1 Å². The van der Waals surface area contributed by atoms with E-state index in [-0.39, 0.29) is 6.42 Å². The summed E-state index contributed by atoms with van der Waals surface area (Å²) in [4.78, 5) is 0. The highest BCUT2D eigenvalue weighted by molar-refractivity contribution is 7.91. The Bertz CT molecular complexity index is 392. The molecule has 0 spiro atoms. The quantitative estimate of drug-likeness (QED) is 0.480. The van der Waals surface area contributed by atoms with Gasteiger partial charge in [0.05, 0.1) is 18.8 Å². The van der Waals surface area contributed by atoms with Crippen LogP contribution in [0, 0.1) is 0 Å². The third-order valence-electron chi connectivity index (χ3n) is 2.01. The summed E-state index contributed by atoms with van der Waals surface area (Å²) in [6, 6.07) is 0. The van der Waals surface area contributed by atoms with Crippen molar-refractivity contribution in [1.29, 1.82) is 0 Å². The molecular formula is C7H11F3NO6S-. The average Bonchev–Trinajstić information content (AvgIpc) is 2.24. The zero-order chi connectivity index (χ0) is 14.6. The Morgan fingerprint density at radius 1 is 1.33 bits per heavy atom. The molecule has 0 aromatic heterocycles. The number of halogens is 3. The van der Waals surface area contributed by atoms with Gasteiger partial charge in [-0.25, -0.2) is 0 Å². The maximum Gasteiger partial charge on any atom is 0.518 e. The van der Waals surface area contributed by atoms with Gasteiger partial charge in [-0.1, -0.05) is 6.92 Å². The summed E-state index contributed by atoms with van der Waals surface area (Å²) < 4.78 is 62.7. The van der Waals surface area contributed by atoms with Crippen LogP contribution in [0.4, 0.5) is 13.2 Å². The van der Waals surface area contributed by atoms with Crippen LogP contribution in [0.1, 0.15) is 13.3 Å². The van der Waals surface area contributed by atoms with Crippen molar-refractivity contribution < 1.29 is 41.6 Å². The van der Waals surface area contributed by atoms with Gasteiger partial charge in [0.2, 0.25) is 0 Å². The molecule has 7 nitrogen and oxygen atoms in total. The molecule has 2 N–H and O–H groups in total. The van der Waals surface area contributed by atoms with Crippen LogP contribution in [0.5, 0.6) is 0 Å². The van der Waals surface area contributed by atoms with Gasteiger partial charge in [-0.2, -0.15) is 21.6 Å². The lowest BCUT2D eigenvalue weighted by molar-refractivity contribution is -0.268. The summed E-state index contributed by atoms with van der Waals surface area (Å²) in [7, 11) is -6.01. The van der Waals surface area contributed by atoms with Gasteiger partial charge in [0.15, 0.2) is 6.08 Å². The normalized spacial score (nSPS) is 14.7. The van der Waals surface area contributed by atoms with Crippen LogP contribution in [0.2, 0.25) is 0 Å². The summed E-state index contributed by atoms with van der Waals surface area (Å²) in [6.45, 7) is -0.432. The number of rotatable bonds is 5. The number of aliphatic hydroxyl groups excluding tert-OH is 2. The molecular weight excluding hydrogens is 283 g/mol. The molecule has 0 aliphatic carbocycles. The van der Waals surface area contributed by atoms with E-state index in [0.717, 1.165) is 0 Å². The maximum absolute atomic E-state index is 11.9. The Kier molecular flexibility index (Phi) is 5.37. The largest absolute Gasteiger partial charge is 0.588 e. The molecule has 0 bridgehead atoms. The number of alkyl halides is 3. The fraction of sp³-hybridized carbons (Fsp3) is 0.857. The van der Waals surface area contributed by atoms with Crippen LogP contribution in [0.25, 0.3) is 0 Å². The topological polar surface area (TPSA) is 119 Å². The molecule has 0 atom stereocenters. The first kappa shape index (κ1) is 16.9. The van der Waals surface area contributed by atoms with Gasteiger partial charge in [0.25, 0.3) is 0 Å². The zero-order valence-electron chi connectivity index (χ0n) is 9.14. The van der Waals surface area contributed by atoms with Crippen molar-refractivity contribution in [1.82, 2.24) is 0 Å². The first-order valence-electron chi connectivity index (χ1n) is 4.52. The SMILES string of the molecule is CCC(CO)(CO)O/C([O-])=N/S(=O)(=O)C(F)(F)F. The standard InChI is InChI=1S/C7H12F3NO6S/c1-2-6(3-12,4-13)17-5(14)11-18(15,16)7(8,9)10/h12-13H,2-4H2,1H3,(H,11,14)/p-1. The van der Waals surface area contributed by atoms with E-state index in [2.05, 4.69) is 4.74 Å². The molecule has 0 rings (SSSR count). The molecule has 0 aromatic carbocycles. The van der Waals surface area contributed by atoms with Gasteiger partial charge in [-0.3, -0.25) is 0 Å². The molecule has 0 saturated heterocycles. The molecule has 0 radical (unpaired) electrons. The number of aliphatic hydroxyl groups is 2. The van der Waals surface area contributed by atoms with Crippen molar-refractivity contribution in [3.63, 3.8) is 0 Å². The number of ether oxygens (including phenoxy) is 1. The number of hydrogen-bond acceptors (Lipinski definition) is 6. The van der Waals surface area contributed by atoms with Crippen molar-refractivity contribution in [2.45, 2.75) is 24.5 Å². The zero-order valence-corrected chi connectivity index (χ0v) is 9.95. The van der Waals surface area contributed by atoms with Crippen LogP contribution in [-0.4, -0.2) is 49.0 Å². The molecule has 0 aromatic rings. The van der Waals surface area contributed by atoms with Crippen molar-refractivity contribution >= 4 is 16.1 Å². The Hall–Kier alpha value is -1.07. The highest BCUT2D eigenvalue weighted by atomic mass is 32.2. The molecule has 18 heavy (non-hydrogen) atoms. The third kappa shape index (κ3) is 3.99. The van der Waals surface area contributed by atoms with Gasteiger partial charge >= 0.3 is 15.5 Å². The molecule has 0 amide bonds. The molecule has 0 unspecified atom stereocenters. The van der Waals surface area contributed by atoms with Crippen molar-refractivity contribution in [3.8, 4) is 0 Å². The van der Waals surface area contributed by atoms with Crippen LogP contribution >= 0.6 is 0 Å². The maximum atomic E-state index is 11.9. The highest BCUT2D eigenvalue weighted by Crippen LogP contribution is 2.25. The van der Waals surface area contributed by atoms with E-state index >= 15 is 0 Å². The van der Waals surface area contributed by atoms with Crippen LogP contribution in [0.3, 0.4) is 0 Å². The van der Waals surface area contributed by atoms with E-state index < -0.39 is 40.4 Å². The van der Waals surface area contributed by atoms with Crippen LogP contribution < -0.4 is 5.11 Å². The van der Waals surface area contributed by atoms with Crippen molar-refractivity contribution in [3.05, 3.63) is 0 Å². The Morgan fingerprint density at radius 3 is 2.06 bits per heavy atom. The van der Waals surface area contributed by atoms with E-state index in [0.29, 0.717) is 0 Å². The Morgan fingerprint density at radius 2 is 1.78 bits per heavy atom. The summed E-state index contributed by atoms with van der Waals surface area (Å²) in [5.74, 6) is 0. The molecule has 0 saturated carbocycles. The smallest absolute Gasteiger partial charge is 0.518 e. The lowest BCUT2D eigenvalue weighted by atomic mass is 10.0. The molecule has 108 valence electrons. The highest BCUT2D eigenvalue weighted by Gasteiger charge is 2.46. The van der Waals surface area contributed by atoms with Gasteiger partial charge in [-0.05, 0) is 6.42 Å². The number of sulfonamides is 1. The second-order valence-corrected chi connectivity index (χ2v) is 4.83. The minimum absolute atomic E-state index is 0.146. The summed E-state index contributed by atoms with van der Waals surface area (Å²) in [6.07, 6.45) is -2.20. The van der Waals surface area contributed by atoms with Crippen molar-refractivity contribution in [2.75, 3.05) is 13.2 Å².